The lowest BCUT2D eigenvalue weighted by atomic mass is 10.2. The molecule has 0 saturated carbocycles. The highest BCUT2D eigenvalue weighted by molar-refractivity contribution is 6.29. The van der Waals surface area contributed by atoms with Crippen LogP contribution in [0.25, 0.3) is 0 Å². The van der Waals surface area contributed by atoms with Crippen molar-refractivity contribution < 1.29 is 4.74 Å². The molecule has 0 aliphatic carbocycles. The van der Waals surface area contributed by atoms with Crippen molar-refractivity contribution >= 4 is 17.3 Å². The summed E-state index contributed by atoms with van der Waals surface area (Å²) >= 11 is 5.78. The monoisotopic (exact) mass is 198 g/mol. The lowest BCUT2D eigenvalue weighted by Gasteiger charge is -2.28. The van der Waals surface area contributed by atoms with Crippen LogP contribution in [0.15, 0.2) is 12.3 Å². The summed E-state index contributed by atoms with van der Waals surface area (Å²) in [6.45, 7) is 3.56. The number of halogens is 1. The SMILES string of the molecule is Cc1cnc(Cl)cc1NC1COC1. The first kappa shape index (κ1) is 8.78. The molecule has 1 aliphatic rings. The number of anilines is 1. The van der Waals surface area contributed by atoms with Crippen molar-refractivity contribution in [2.45, 2.75) is 13.0 Å². The highest BCUT2D eigenvalue weighted by Crippen LogP contribution is 2.19. The molecular weight excluding hydrogens is 188 g/mol. The van der Waals surface area contributed by atoms with Crippen LogP contribution in [0.1, 0.15) is 5.56 Å². The lowest BCUT2D eigenvalue weighted by Crippen LogP contribution is -2.40. The fraction of sp³-hybridized carbons (Fsp3) is 0.444. The van der Waals surface area contributed by atoms with Gasteiger partial charge in [0.1, 0.15) is 5.15 Å². The number of aromatic nitrogens is 1. The van der Waals surface area contributed by atoms with Gasteiger partial charge in [0.05, 0.1) is 19.3 Å². The van der Waals surface area contributed by atoms with E-state index in [4.69, 9.17) is 16.3 Å². The summed E-state index contributed by atoms with van der Waals surface area (Å²) in [6, 6.07) is 2.27. The van der Waals surface area contributed by atoms with Crippen LogP contribution in [0.4, 0.5) is 5.69 Å². The van der Waals surface area contributed by atoms with Crippen LogP contribution in [0.5, 0.6) is 0 Å². The second kappa shape index (κ2) is 3.52. The van der Waals surface area contributed by atoms with Gasteiger partial charge in [0.25, 0.3) is 0 Å². The Morgan fingerprint density at radius 2 is 2.38 bits per heavy atom. The average molecular weight is 199 g/mol. The van der Waals surface area contributed by atoms with Crippen LogP contribution in [-0.2, 0) is 4.74 Å². The Labute approximate surface area is 82.1 Å². The standard InChI is InChI=1S/C9H11ClN2O/c1-6-3-11-9(10)2-8(6)12-7-4-13-5-7/h2-3,7H,4-5H2,1H3,(H,11,12). The number of pyridine rings is 1. The minimum atomic E-state index is 0.428. The van der Waals surface area contributed by atoms with Gasteiger partial charge in [0.15, 0.2) is 0 Å². The third kappa shape index (κ3) is 1.92. The first-order chi connectivity index (χ1) is 6.25. The summed E-state index contributed by atoms with van der Waals surface area (Å²) in [5.41, 5.74) is 2.16. The maximum absolute atomic E-state index is 5.78. The molecule has 2 heterocycles. The Morgan fingerprint density at radius 3 is 3.00 bits per heavy atom. The van der Waals surface area contributed by atoms with Gasteiger partial charge >= 0.3 is 0 Å². The van der Waals surface area contributed by atoms with Crippen LogP contribution in [0.2, 0.25) is 5.15 Å². The predicted molar refractivity (Wildman–Crippen MR) is 52.2 cm³/mol. The molecule has 1 aromatic heterocycles. The summed E-state index contributed by atoms with van der Waals surface area (Å²) in [4.78, 5) is 3.98. The summed E-state index contributed by atoms with van der Waals surface area (Å²) < 4.78 is 5.07. The van der Waals surface area contributed by atoms with E-state index in [1.54, 1.807) is 6.20 Å². The van der Waals surface area contributed by atoms with Gasteiger partial charge in [-0.15, -0.1) is 0 Å². The molecule has 1 saturated heterocycles. The van der Waals surface area contributed by atoms with Crippen molar-refractivity contribution in [1.29, 1.82) is 0 Å². The number of hydrogen-bond acceptors (Lipinski definition) is 3. The number of rotatable bonds is 2. The first-order valence-corrected chi connectivity index (χ1v) is 4.60. The molecule has 0 bridgehead atoms. The number of hydrogen-bond donors (Lipinski definition) is 1. The number of nitrogens with zero attached hydrogens (tertiary/aromatic N) is 1. The van der Waals surface area contributed by atoms with Crippen molar-refractivity contribution in [2.24, 2.45) is 0 Å². The molecule has 0 spiro atoms. The Balaban J connectivity index is 2.13. The largest absolute Gasteiger partial charge is 0.377 e. The highest BCUT2D eigenvalue weighted by Gasteiger charge is 2.18. The zero-order valence-corrected chi connectivity index (χ0v) is 8.14. The van der Waals surface area contributed by atoms with Crippen LogP contribution in [-0.4, -0.2) is 24.2 Å². The van der Waals surface area contributed by atoms with Gasteiger partial charge < -0.3 is 10.1 Å². The van der Waals surface area contributed by atoms with Crippen molar-refractivity contribution in [1.82, 2.24) is 4.98 Å². The molecule has 0 atom stereocenters. The molecule has 1 fully saturated rings. The Hall–Kier alpha value is -0.800. The van der Waals surface area contributed by atoms with E-state index in [0.717, 1.165) is 24.5 Å². The van der Waals surface area contributed by atoms with Gasteiger partial charge in [-0.3, -0.25) is 0 Å². The minimum Gasteiger partial charge on any atom is -0.377 e. The summed E-state index contributed by atoms with van der Waals surface area (Å²) in [5.74, 6) is 0. The van der Waals surface area contributed by atoms with E-state index >= 15 is 0 Å². The van der Waals surface area contributed by atoms with Crippen molar-refractivity contribution in [2.75, 3.05) is 18.5 Å². The topological polar surface area (TPSA) is 34.2 Å². The molecule has 13 heavy (non-hydrogen) atoms. The maximum Gasteiger partial charge on any atom is 0.131 e. The number of aryl methyl sites for hydroxylation is 1. The fourth-order valence-corrected chi connectivity index (χ4v) is 1.35. The van der Waals surface area contributed by atoms with Gasteiger partial charge in [-0.1, -0.05) is 11.6 Å². The molecule has 2 rings (SSSR count). The molecule has 4 heteroatoms. The van der Waals surface area contributed by atoms with Gasteiger partial charge in [0.2, 0.25) is 0 Å². The molecule has 3 nitrogen and oxygen atoms in total. The third-order valence-electron chi connectivity index (χ3n) is 2.07. The zero-order valence-electron chi connectivity index (χ0n) is 7.38. The van der Waals surface area contributed by atoms with Gasteiger partial charge in [-0.2, -0.15) is 0 Å². The molecule has 70 valence electrons. The molecule has 0 unspecified atom stereocenters. The van der Waals surface area contributed by atoms with Crippen molar-refractivity contribution in [3.05, 3.63) is 23.0 Å². The normalized spacial score (nSPS) is 16.8. The van der Waals surface area contributed by atoms with Gasteiger partial charge in [-0.05, 0) is 18.6 Å². The number of ether oxygens (including phenoxy) is 1. The van der Waals surface area contributed by atoms with Crippen molar-refractivity contribution in [3.63, 3.8) is 0 Å². The van der Waals surface area contributed by atoms with E-state index in [2.05, 4.69) is 10.3 Å². The highest BCUT2D eigenvalue weighted by atomic mass is 35.5. The summed E-state index contributed by atoms with van der Waals surface area (Å²) in [7, 11) is 0. The Morgan fingerprint density at radius 1 is 1.62 bits per heavy atom. The molecule has 1 aromatic rings. The first-order valence-electron chi connectivity index (χ1n) is 4.22. The maximum atomic E-state index is 5.78. The lowest BCUT2D eigenvalue weighted by molar-refractivity contribution is 0.0211. The Kier molecular flexibility index (Phi) is 2.38. The van der Waals surface area contributed by atoms with E-state index in [1.807, 2.05) is 13.0 Å². The third-order valence-corrected chi connectivity index (χ3v) is 2.27. The average Bonchev–Trinajstić information content (AvgIpc) is 2.03. The smallest absolute Gasteiger partial charge is 0.131 e. The van der Waals surface area contributed by atoms with Crippen molar-refractivity contribution in [3.8, 4) is 0 Å². The summed E-state index contributed by atoms with van der Waals surface area (Å²) in [5, 5.41) is 3.86. The molecule has 1 aliphatic heterocycles. The van der Waals surface area contributed by atoms with E-state index in [1.165, 1.54) is 0 Å². The van der Waals surface area contributed by atoms with E-state index in [0.29, 0.717) is 11.2 Å². The fourth-order valence-electron chi connectivity index (χ4n) is 1.19. The number of nitrogens with one attached hydrogen (secondary N) is 1. The molecular formula is C9H11ClN2O. The molecule has 1 N–H and O–H groups in total. The predicted octanol–water partition coefficient (Wildman–Crippen LogP) is 1.85. The van der Waals surface area contributed by atoms with Crippen LogP contribution < -0.4 is 5.32 Å². The minimum absolute atomic E-state index is 0.428. The van der Waals surface area contributed by atoms with Gasteiger partial charge in [-0.25, -0.2) is 4.98 Å². The second-order valence-corrected chi connectivity index (χ2v) is 3.59. The Bertz CT molecular complexity index is 312. The van der Waals surface area contributed by atoms with E-state index in [-0.39, 0.29) is 0 Å². The van der Waals surface area contributed by atoms with Crippen LogP contribution in [0, 0.1) is 6.92 Å². The van der Waals surface area contributed by atoms with E-state index < -0.39 is 0 Å². The second-order valence-electron chi connectivity index (χ2n) is 3.20. The molecule has 0 aromatic carbocycles. The van der Waals surface area contributed by atoms with Crippen LogP contribution in [0.3, 0.4) is 0 Å². The summed E-state index contributed by atoms with van der Waals surface area (Å²) in [6.07, 6.45) is 1.77. The van der Waals surface area contributed by atoms with E-state index in [9.17, 15) is 0 Å². The van der Waals surface area contributed by atoms with Crippen LogP contribution >= 0.6 is 11.6 Å². The molecule has 0 radical (unpaired) electrons. The zero-order chi connectivity index (χ0) is 9.26. The quantitative estimate of drug-likeness (QED) is 0.737. The molecule has 0 amide bonds. The van der Waals surface area contributed by atoms with Gasteiger partial charge in [0, 0.05) is 11.9 Å².